The van der Waals surface area contributed by atoms with Gasteiger partial charge in [-0.15, -0.1) is 0 Å². The SMILES string of the molecule is CC(C)CC1NCC(C(O)C(C)C)N([O-])C1O. The van der Waals surface area contributed by atoms with Crippen molar-refractivity contribution < 1.29 is 10.2 Å². The van der Waals surface area contributed by atoms with E-state index >= 15 is 0 Å². The van der Waals surface area contributed by atoms with E-state index < -0.39 is 18.4 Å². The first kappa shape index (κ1) is 14.9. The standard InChI is InChI=1S/C12H25N2O3/c1-7(2)5-9-12(16)14(17)10(6-13-9)11(15)8(3)4/h7-13,15-16H,5-6H2,1-4H3/q-1. The minimum Gasteiger partial charge on any atom is -0.783 e. The molecule has 0 aromatic rings. The van der Waals surface area contributed by atoms with Gasteiger partial charge in [-0.3, -0.25) is 0 Å². The predicted molar refractivity (Wildman–Crippen MR) is 67.1 cm³/mol. The van der Waals surface area contributed by atoms with E-state index in [-0.39, 0.29) is 12.0 Å². The topological polar surface area (TPSA) is 78.8 Å². The molecule has 5 heteroatoms. The molecular formula is C12H25N2O3-. The number of piperazine rings is 1. The Balaban J connectivity index is 2.62. The monoisotopic (exact) mass is 245 g/mol. The molecule has 1 aliphatic rings. The lowest BCUT2D eigenvalue weighted by atomic mass is 9.94. The van der Waals surface area contributed by atoms with Gasteiger partial charge in [0, 0.05) is 18.6 Å². The molecule has 4 atom stereocenters. The van der Waals surface area contributed by atoms with Crippen molar-refractivity contribution in [1.29, 1.82) is 0 Å². The molecule has 1 rings (SSSR count). The van der Waals surface area contributed by atoms with Gasteiger partial charge < -0.3 is 25.8 Å². The van der Waals surface area contributed by atoms with Crippen molar-refractivity contribution in [2.24, 2.45) is 11.8 Å². The third-order valence-corrected chi connectivity index (χ3v) is 3.34. The highest BCUT2D eigenvalue weighted by Crippen LogP contribution is 2.21. The molecule has 1 heterocycles. The number of hydrogen-bond acceptors (Lipinski definition) is 5. The molecule has 0 radical (unpaired) electrons. The van der Waals surface area contributed by atoms with Crippen LogP contribution in [0.5, 0.6) is 0 Å². The zero-order valence-electron chi connectivity index (χ0n) is 11.1. The fraction of sp³-hybridized carbons (Fsp3) is 1.00. The second-order valence-electron chi connectivity index (χ2n) is 5.72. The first-order valence-corrected chi connectivity index (χ1v) is 6.39. The molecule has 0 spiro atoms. The molecule has 102 valence electrons. The van der Waals surface area contributed by atoms with Gasteiger partial charge in [0.1, 0.15) is 6.23 Å². The molecule has 1 aliphatic heterocycles. The van der Waals surface area contributed by atoms with Gasteiger partial charge >= 0.3 is 0 Å². The summed E-state index contributed by atoms with van der Waals surface area (Å²) in [5, 5.41) is 35.6. The third kappa shape index (κ3) is 3.63. The maximum atomic E-state index is 11.9. The van der Waals surface area contributed by atoms with Gasteiger partial charge in [-0.25, -0.2) is 0 Å². The highest BCUT2D eigenvalue weighted by atomic mass is 16.5. The van der Waals surface area contributed by atoms with Gasteiger partial charge in [0.2, 0.25) is 0 Å². The van der Waals surface area contributed by atoms with Crippen LogP contribution in [0.4, 0.5) is 0 Å². The van der Waals surface area contributed by atoms with Gasteiger partial charge in [0.25, 0.3) is 0 Å². The molecule has 0 aromatic heterocycles. The minimum absolute atomic E-state index is 0.00657. The summed E-state index contributed by atoms with van der Waals surface area (Å²) < 4.78 is 0. The van der Waals surface area contributed by atoms with Crippen LogP contribution in [0.15, 0.2) is 0 Å². The zero-order valence-corrected chi connectivity index (χ0v) is 11.1. The number of nitrogens with zero attached hydrogens (tertiary/aromatic N) is 1. The molecule has 17 heavy (non-hydrogen) atoms. The number of aliphatic hydroxyl groups excluding tert-OH is 2. The lowest BCUT2D eigenvalue weighted by Crippen LogP contribution is -2.64. The molecule has 4 unspecified atom stereocenters. The summed E-state index contributed by atoms with van der Waals surface area (Å²) in [6.07, 6.45) is -1.02. The number of nitrogens with one attached hydrogen (secondary N) is 1. The van der Waals surface area contributed by atoms with Gasteiger partial charge in [0.05, 0.1) is 6.10 Å². The van der Waals surface area contributed by atoms with Crippen molar-refractivity contribution in [3.63, 3.8) is 0 Å². The lowest BCUT2D eigenvalue weighted by molar-refractivity contribution is -0.0880. The number of aliphatic hydroxyl groups is 2. The molecule has 0 bridgehead atoms. The van der Waals surface area contributed by atoms with E-state index in [4.69, 9.17) is 0 Å². The third-order valence-electron chi connectivity index (χ3n) is 3.34. The second kappa shape index (κ2) is 6.11. The normalized spacial score (nSPS) is 33.4. The van der Waals surface area contributed by atoms with Crippen molar-refractivity contribution in [2.45, 2.75) is 58.5 Å². The molecule has 3 N–H and O–H groups in total. The van der Waals surface area contributed by atoms with E-state index in [9.17, 15) is 15.4 Å². The second-order valence-corrected chi connectivity index (χ2v) is 5.72. The Bertz CT molecular complexity index is 236. The Labute approximate surface area is 103 Å². The van der Waals surface area contributed by atoms with Gasteiger partial charge in [-0.1, -0.05) is 27.7 Å². The summed E-state index contributed by atoms with van der Waals surface area (Å²) in [5.41, 5.74) is 0. The van der Waals surface area contributed by atoms with E-state index in [1.165, 1.54) is 0 Å². The van der Waals surface area contributed by atoms with Crippen molar-refractivity contribution in [3.8, 4) is 0 Å². The zero-order chi connectivity index (χ0) is 13.2. The predicted octanol–water partition coefficient (Wildman–Crippen LogP) is 0.508. The average Bonchev–Trinajstić information content (AvgIpc) is 2.23. The van der Waals surface area contributed by atoms with Crippen LogP contribution < -0.4 is 5.32 Å². The summed E-state index contributed by atoms with van der Waals surface area (Å²) in [7, 11) is 0. The van der Waals surface area contributed by atoms with Crippen LogP contribution in [-0.2, 0) is 0 Å². The van der Waals surface area contributed by atoms with Gasteiger partial charge in [-0.2, -0.15) is 0 Å². The Morgan fingerprint density at radius 1 is 1.35 bits per heavy atom. The molecule has 5 nitrogen and oxygen atoms in total. The fourth-order valence-electron chi connectivity index (χ4n) is 2.27. The smallest absolute Gasteiger partial charge is 0.111 e. The summed E-state index contributed by atoms with van der Waals surface area (Å²) in [5.74, 6) is 0.425. The Kier molecular flexibility index (Phi) is 5.34. The van der Waals surface area contributed by atoms with E-state index in [1.807, 2.05) is 13.8 Å². The van der Waals surface area contributed by atoms with Crippen LogP contribution in [0.2, 0.25) is 0 Å². The first-order valence-electron chi connectivity index (χ1n) is 6.39. The maximum absolute atomic E-state index is 11.9. The number of hydroxylamine groups is 2. The Hall–Kier alpha value is -0.200. The van der Waals surface area contributed by atoms with Crippen LogP contribution in [-0.4, -0.2) is 46.2 Å². The molecule has 0 saturated carbocycles. The van der Waals surface area contributed by atoms with Gasteiger partial charge in [0.15, 0.2) is 0 Å². The quantitative estimate of drug-likeness (QED) is 0.672. The highest BCUT2D eigenvalue weighted by Gasteiger charge is 2.35. The van der Waals surface area contributed by atoms with Crippen LogP contribution in [0.25, 0.3) is 0 Å². The molecular weight excluding hydrogens is 220 g/mol. The molecule has 1 fully saturated rings. The molecule has 0 amide bonds. The molecule has 0 aromatic carbocycles. The van der Waals surface area contributed by atoms with Crippen molar-refractivity contribution in [3.05, 3.63) is 5.21 Å². The number of rotatable bonds is 4. The van der Waals surface area contributed by atoms with Crippen molar-refractivity contribution in [2.75, 3.05) is 6.54 Å². The summed E-state index contributed by atoms with van der Waals surface area (Å²) in [4.78, 5) is 0. The Morgan fingerprint density at radius 3 is 2.41 bits per heavy atom. The summed E-state index contributed by atoms with van der Waals surface area (Å²) in [6, 6.07) is -0.767. The van der Waals surface area contributed by atoms with E-state index in [2.05, 4.69) is 19.2 Å². The molecule has 0 aliphatic carbocycles. The molecule has 1 saturated heterocycles. The maximum Gasteiger partial charge on any atom is 0.111 e. The van der Waals surface area contributed by atoms with Crippen LogP contribution in [0.3, 0.4) is 0 Å². The van der Waals surface area contributed by atoms with Crippen molar-refractivity contribution >= 4 is 0 Å². The Morgan fingerprint density at radius 2 is 1.94 bits per heavy atom. The summed E-state index contributed by atoms with van der Waals surface area (Å²) >= 11 is 0. The largest absolute Gasteiger partial charge is 0.783 e. The van der Waals surface area contributed by atoms with Crippen LogP contribution in [0, 0.1) is 17.0 Å². The minimum atomic E-state index is -1.07. The summed E-state index contributed by atoms with van der Waals surface area (Å²) in [6.45, 7) is 8.27. The average molecular weight is 245 g/mol. The van der Waals surface area contributed by atoms with Gasteiger partial charge in [-0.05, 0) is 18.3 Å². The van der Waals surface area contributed by atoms with Crippen LogP contribution in [0.1, 0.15) is 34.1 Å². The fourth-order valence-corrected chi connectivity index (χ4v) is 2.27. The van der Waals surface area contributed by atoms with E-state index in [0.29, 0.717) is 17.5 Å². The van der Waals surface area contributed by atoms with E-state index in [0.717, 1.165) is 6.42 Å². The van der Waals surface area contributed by atoms with Crippen LogP contribution >= 0.6 is 0 Å². The lowest BCUT2D eigenvalue weighted by Gasteiger charge is -2.51. The van der Waals surface area contributed by atoms with Crippen molar-refractivity contribution in [1.82, 2.24) is 10.4 Å². The number of hydrogen-bond donors (Lipinski definition) is 3. The first-order chi connectivity index (χ1) is 7.84. The highest BCUT2D eigenvalue weighted by molar-refractivity contribution is 4.94. The van der Waals surface area contributed by atoms with E-state index in [1.54, 1.807) is 0 Å².